The average molecular weight is 322 g/mol. The Hall–Kier alpha value is -1.99. The van der Waals surface area contributed by atoms with Crippen molar-refractivity contribution in [3.63, 3.8) is 0 Å². The van der Waals surface area contributed by atoms with Crippen LogP contribution in [0.15, 0.2) is 23.0 Å². The summed E-state index contributed by atoms with van der Waals surface area (Å²) in [5, 5.41) is 13.4. The van der Waals surface area contributed by atoms with E-state index in [9.17, 15) is 9.59 Å². The lowest BCUT2D eigenvalue weighted by Crippen LogP contribution is -2.24. The second-order valence-corrected chi connectivity index (χ2v) is 6.12. The summed E-state index contributed by atoms with van der Waals surface area (Å²) < 4.78 is 0. The van der Waals surface area contributed by atoms with Crippen molar-refractivity contribution < 1.29 is 14.7 Å². The fourth-order valence-electron chi connectivity index (χ4n) is 1.67. The minimum atomic E-state index is -1.00. The summed E-state index contributed by atoms with van der Waals surface area (Å²) in [6, 6.07) is 1.77. The van der Waals surface area contributed by atoms with Crippen LogP contribution in [0.2, 0.25) is 0 Å². The van der Waals surface area contributed by atoms with Gasteiger partial charge in [0.1, 0.15) is 0 Å². The van der Waals surface area contributed by atoms with E-state index in [1.54, 1.807) is 11.6 Å². The molecule has 0 fully saturated rings. The van der Waals surface area contributed by atoms with Crippen LogP contribution in [0.3, 0.4) is 0 Å². The van der Waals surface area contributed by atoms with Crippen molar-refractivity contribution in [2.24, 2.45) is 0 Å². The van der Waals surface area contributed by atoms with Crippen molar-refractivity contribution in [2.45, 2.75) is 13.3 Å². The average Bonchev–Trinajstić information content (AvgIpc) is 3.06. The molecule has 0 aliphatic rings. The highest BCUT2D eigenvalue weighted by atomic mass is 32.1. The van der Waals surface area contributed by atoms with Crippen LogP contribution in [-0.4, -0.2) is 28.5 Å². The maximum Gasteiger partial charge on any atom is 0.328 e. The van der Waals surface area contributed by atoms with E-state index in [2.05, 4.69) is 10.3 Å². The van der Waals surface area contributed by atoms with Crippen LogP contribution in [0.25, 0.3) is 6.08 Å². The molecule has 0 bridgehead atoms. The number of aliphatic carboxylic acids is 1. The number of rotatable bonds is 6. The van der Waals surface area contributed by atoms with E-state index in [4.69, 9.17) is 5.11 Å². The Morgan fingerprint density at radius 2 is 2.29 bits per heavy atom. The summed E-state index contributed by atoms with van der Waals surface area (Å²) >= 11 is 2.81. The molecule has 0 aromatic carbocycles. The lowest BCUT2D eigenvalue weighted by Gasteiger charge is -2.01. The molecule has 2 rings (SSSR count). The van der Waals surface area contributed by atoms with Gasteiger partial charge in [-0.3, -0.25) is 4.79 Å². The number of nitrogens with one attached hydrogen (secondary N) is 1. The molecule has 0 unspecified atom stereocenters. The summed E-state index contributed by atoms with van der Waals surface area (Å²) in [6.07, 6.45) is 3.28. The highest BCUT2D eigenvalue weighted by Crippen LogP contribution is 2.23. The van der Waals surface area contributed by atoms with Gasteiger partial charge in [0.25, 0.3) is 5.91 Å². The topological polar surface area (TPSA) is 79.3 Å². The zero-order valence-electron chi connectivity index (χ0n) is 11.3. The Morgan fingerprint density at radius 3 is 2.95 bits per heavy atom. The molecule has 21 heavy (non-hydrogen) atoms. The second kappa shape index (κ2) is 7.14. The van der Waals surface area contributed by atoms with Crippen molar-refractivity contribution in [2.75, 3.05) is 6.54 Å². The number of carboxylic acid groups (broad SMARTS) is 1. The first-order valence-corrected chi connectivity index (χ1v) is 7.99. The van der Waals surface area contributed by atoms with Crippen LogP contribution in [0.5, 0.6) is 0 Å². The van der Waals surface area contributed by atoms with E-state index in [0.717, 1.165) is 22.2 Å². The van der Waals surface area contributed by atoms with Crippen molar-refractivity contribution in [1.29, 1.82) is 0 Å². The molecule has 0 aliphatic carbocycles. The molecule has 2 aromatic heterocycles. The number of nitrogens with zero attached hydrogens (tertiary/aromatic N) is 1. The molecule has 0 saturated carbocycles. The molecule has 2 heterocycles. The van der Waals surface area contributed by atoms with Gasteiger partial charge in [-0.15, -0.1) is 22.7 Å². The maximum absolute atomic E-state index is 12.0. The monoisotopic (exact) mass is 322 g/mol. The number of amides is 1. The van der Waals surface area contributed by atoms with Gasteiger partial charge in [0.15, 0.2) is 0 Å². The van der Waals surface area contributed by atoms with Gasteiger partial charge in [-0.25, -0.2) is 9.78 Å². The van der Waals surface area contributed by atoms with Gasteiger partial charge in [-0.1, -0.05) is 0 Å². The van der Waals surface area contributed by atoms with E-state index in [0.29, 0.717) is 17.8 Å². The highest BCUT2D eigenvalue weighted by Gasteiger charge is 2.11. The SMILES string of the molecule is Cc1cc(C(=O)NCCc2cscn2)sc1/C=C/C(=O)O. The Labute approximate surface area is 130 Å². The van der Waals surface area contributed by atoms with Crippen LogP contribution < -0.4 is 5.32 Å². The van der Waals surface area contributed by atoms with Crippen molar-refractivity contribution in [3.8, 4) is 0 Å². The van der Waals surface area contributed by atoms with Crippen LogP contribution >= 0.6 is 22.7 Å². The fraction of sp³-hybridized carbons (Fsp3) is 0.214. The summed E-state index contributed by atoms with van der Waals surface area (Å²) in [4.78, 5) is 28.0. The van der Waals surface area contributed by atoms with E-state index in [1.165, 1.54) is 28.7 Å². The first kappa shape index (κ1) is 15.4. The second-order valence-electron chi connectivity index (χ2n) is 4.32. The van der Waals surface area contributed by atoms with E-state index < -0.39 is 5.97 Å². The van der Waals surface area contributed by atoms with Gasteiger partial charge in [0, 0.05) is 29.3 Å². The van der Waals surface area contributed by atoms with Gasteiger partial charge in [0.05, 0.1) is 16.1 Å². The predicted molar refractivity (Wildman–Crippen MR) is 83.9 cm³/mol. The number of hydrogen-bond donors (Lipinski definition) is 2. The molecule has 1 amide bonds. The summed E-state index contributed by atoms with van der Waals surface area (Å²) in [7, 11) is 0. The third-order valence-corrected chi connectivity index (χ3v) is 4.54. The van der Waals surface area contributed by atoms with Crippen molar-refractivity contribution in [3.05, 3.63) is 44.0 Å². The third-order valence-electron chi connectivity index (χ3n) is 2.71. The molecular formula is C14H14N2O3S2. The van der Waals surface area contributed by atoms with Gasteiger partial charge in [0.2, 0.25) is 0 Å². The lowest BCUT2D eigenvalue weighted by molar-refractivity contribution is -0.131. The minimum absolute atomic E-state index is 0.145. The van der Waals surface area contributed by atoms with Gasteiger partial charge < -0.3 is 10.4 Å². The van der Waals surface area contributed by atoms with Crippen LogP contribution in [-0.2, 0) is 11.2 Å². The molecular weight excluding hydrogens is 308 g/mol. The lowest BCUT2D eigenvalue weighted by atomic mass is 10.2. The van der Waals surface area contributed by atoms with E-state index >= 15 is 0 Å². The molecule has 0 radical (unpaired) electrons. The van der Waals surface area contributed by atoms with Crippen LogP contribution in [0.1, 0.15) is 25.8 Å². The van der Waals surface area contributed by atoms with Crippen molar-refractivity contribution >= 4 is 40.6 Å². The molecule has 0 aliphatic heterocycles. The van der Waals surface area contributed by atoms with Crippen LogP contribution in [0, 0.1) is 6.92 Å². The van der Waals surface area contributed by atoms with Crippen LogP contribution in [0.4, 0.5) is 0 Å². The van der Waals surface area contributed by atoms with Gasteiger partial charge in [-0.2, -0.15) is 0 Å². The quantitative estimate of drug-likeness (QED) is 0.801. The fourth-order valence-corrected chi connectivity index (χ4v) is 3.26. The first-order chi connectivity index (χ1) is 10.1. The third kappa shape index (κ3) is 4.51. The first-order valence-electron chi connectivity index (χ1n) is 6.23. The number of thiophene rings is 1. The number of carboxylic acids is 1. The van der Waals surface area contributed by atoms with Crippen molar-refractivity contribution in [1.82, 2.24) is 10.3 Å². The molecule has 0 spiro atoms. The number of carbonyl (C=O) groups excluding carboxylic acids is 1. The summed E-state index contributed by atoms with van der Waals surface area (Å²) in [5.41, 5.74) is 3.62. The van der Waals surface area contributed by atoms with Gasteiger partial charge in [-0.05, 0) is 24.6 Å². The number of aryl methyl sites for hydroxylation is 1. The van der Waals surface area contributed by atoms with E-state index in [1.807, 2.05) is 12.3 Å². The molecule has 0 saturated heterocycles. The Kier molecular flexibility index (Phi) is 5.24. The number of aromatic nitrogens is 1. The minimum Gasteiger partial charge on any atom is -0.478 e. The number of thiazole rings is 1. The normalized spacial score (nSPS) is 10.9. The molecule has 2 aromatic rings. The number of hydrogen-bond acceptors (Lipinski definition) is 5. The molecule has 110 valence electrons. The molecule has 5 nitrogen and oxygen atoms in total. The summed E-state index contributed by atoms with van der Waals surface area (Å²) in [6.45, 7) is 2.38. The standard InChI is InChI=1S/C14H14N2O3S2/c1-9-6-12(21-11(9)2-3-13(17)18)14(19)15-5-4-10-7-20-8-16-10/h2-3,6-8H,4-5H2,1H3,(H,15,19)(H,17,18)/b3-2+. The largest absolute Gasteiger partial charge is 0.478 e. The highest BCUT2D eigenvalue weighted by molar-refractivity contribution is 7.15. The molecule has 2 N–H and O–H groups in total. The number of carbonyl (C=O) groups is 2. The van der Waals surface area contributed by atoms with Gasteiger partial charge >= 0.3 is 5.97 Å². The Bertz CT molecular complexity index is 660. The maximum atomic E-state index is 12.0. The Balaban J connectivity index is 1.93. The Morgan fingerprint density at radius 1 is 1.48 bits per heavy atom. The summed E-state index contributed by atoms with van der Waals surface area (Å²) in [5.74, 6) is -1.15. The smallest absolute Gasteiger partial charge is 0.328 e. The predicted octanol–water partition coefficient (Wildman–Crippen LogP) is 2.58. The molecule has 0 atom stereocenters. The molecule has 7 heteroatoms. The van der Waals surface area contributed by atoms with E-state index in [-0.39, 0.29) is 5.91 Å². The zero-order chi connectivity index (χ0) is 15.2. The zero-order valence-corrected chi connectivity index (χ0v) is 13.0.